The van der Waals surface area contributed by atoms with Gasteiger partial charge in [0.05, 0.1) is 5.69 Å². The quantitative estimate of drug-likeness (QED) is 0.830. The van der Waals surface area contributed by atoms with E-state index in [4.69, 9.17) is 9.47 Å². The van der Waals surface area contributed by atoms with E-state index in [-0.39, 0.29) is 18.1 Å². The van der Waals surface area contributed by atoms with Gasteiger partial charge < -0.3 is 14.8 Å². The van der Waals surface area contributed by atoms with Crippen molar-refractivity contribution < 1.29 is 14.3 Å². The normalized spacial score (nSPS) is 14.5. The van der Waals surface area contributed by atoms with E-state index in [9.17, 15) is 4.79 Å². The fourth-order valence-corrected chi connectivity index (χ4v) is 2.72. The summed E-state index contributed by atoms with van der Waals surface area (Å²) in [5, 5.41) is 2.80. The summed E-state index contributed by atoms with van der Waals surface area (Å²) in [4.78, 5) is 12.0. The lowest BCUT2D eigenvalue weighted by atomic mass is 10.0. The molecule has 1 heterocycles. The van der Waals surface area contributed by atoms with E-state index in [0.717, 1.165) is 15.8 Å². The Balaban J connectivity index is 1.62. The molecule has 3 rings (SSSR count). The monoisotopic (exact) mass is 387 g/mol. The standard InChI is InChI=1S/C19H18BrNO3/c1-19(2)10-9-13-7-8-14(11-17(13)24-19)23-12-18(22)21-16-6-4-3-5-15(16)20/h3-11H,12H2,1-2H3,(H,21,22). The van der Waals surface area contributed by atoms with E-state index in [2.05, 4.69) is 21.2 Å². The number of amides is 1. The van der Waals surface area contributed by atoms with Crippen LogP contribution in [0.1, 0.15) is 19.4 Å². The molecule has 1 aliphatic rings. The number of nitrogens with one attached hydrogen (secondary N) is 1. The van der Waals surface area contributed by atoms with Gasteiger partial charge in [-0.15, -0.1) is 0 Å². The van der Waals surface area contributed by atoms with Crippen LogP contribution in [0, 0.1) is 0 Å². The lowest BCUT2D eigenvalue weighted by molar-refractivity contribution is -0.118. The van der Waals surface area contributed by atoms with Gasteiger partial charge in [-0.25, -0.2) is 0 Å². The van der Waals surface area contributed by atoms with E-state index in [0.29, 0.717) is 11.4 Å². The minimum absolute atomic E-state index is 0.0701. The lowest BCUT2D eigenvalue weighted by Crippen LogP contribution is -2.27. The number of benzene rings is 2. The average Bonchev–Trinajstić information content (AvgIpc) is 2.54. The molecule has 1 aliphatic heterocycles. The predicted molar refractivity (Wildman–Crippen MR) is 98.4 cm³/mol. The van der Waals surface area contributed by atoms with E-state index < -0.39 is 0 Å². The van der Waals surface area contributed by atoms with E-state index in [1.165, 1.54) is 0 Å². The van der Waals surface area contributed by atoms with Gasteiger partial charge in [-0.1, -0.05) is 18.2 Å². The number of halogens is 1. The van der Waals surface area contributed by atoms with Crippen molar-refractivity contribution in [3.05, 3.63) is 58.6 Å². The van der Waals surface area contributed by atoms with Gasteiger partial charge in [0.1, 0.15) is 17.1 Å². The maximum atomic E-state index is 12.0. The van der Waals surface area contributed by atoms with Crippen LogP contribution in [-0.4, -0.2) is 18.1 Å². The molecule has 0 fully saturated rings. The van der Waals surface area contributed by atoms with Crippen molar-refractivity contribution in [3.8, 4) is 11.5 Å². The second-order valence-electron chi connectivity index (χ2n) is 6.06. The van der Waals surface area contributed by atoms with Crippen LogP contribution in [0.2, 0.25) is 0 Å². The fraction of sp³-hybridized carbons (Fsp3) is 0.211. The summed E-state index contributed by atoms with van der Waals surface area (Å²) in [5.41, 5.74) is 1.37. The molecule has 0 atom stereocenters. The number of hydrogen-bond donors (Lipinski definition) is 1. The average molecular weight is 388 g/mol. The number of fused-ring (bicyclic) bond motifs is 1. The van der Waals surface area contributed by atoms with E-state index >= 15 is 0 Å². The minimum Gasteiger partial charge on any atom is -0.484 e. The SMILES string of the molecule is CC1(C)C=Cc2ccc(OCC(=O)Nc3ccccc3Br)cc2O1. The van der Waals surface area contributed by atoms with Crippen LogP contribution in [0.5, 0.6) is 11.5 Å². The molecule has 0 aromatic heterocycles. The zero-order chi connectivity index (χ0) is 17.2. The van der Waals surface area contributed by atoms with E-state index in [1.807, 2.05) is 68.5 Å². The highest BCUT2D eigenvalue weighted by molar-refractivity contribution is 9.10. The van der Waals surface area contributed by atoms with Crippen molar-refractivity contribution in [3.63, 3.8) is 0 Å². The Hall–Kier alpha value is -2.27. The maximum absolute atomic E-state index is 12.0. The summed E-state index contributed by atoms with van der Waals surface area (Å²) in [7, 11) is 0. The van der Waals surface area contributed by atoms with Gasteiger partial charge in [-0.3, -0.25) is 4.79 Å². The Kier molecular flexibility index (Phi) is 4.62. The van der Waals surface area contributed by atoms with Gasteiger partial charge in [-0.2, -0.15) is 0 Å². The van der Waals surface area contributed by atoms with Crippen molar-refractivity contribution >= 4 is 33.6 Å². The molecular weight excluding hydrogens is 370 g/mol. The first-order chi connectivity index (χ1) is 11.4. The van der Waals surface area contributed by atoms with Crippen LogP contribution in [0.4, 0.5) is 5.69 Å². The van der Waals surface area contributed by atoms with Crippen LogP contribution in [0.3, 0.4) is 0 Å². The molecule has 4 nitrogen and oxygen atoms in total. The van der Waals surface area contributed by atoms with Gasteiger partial charge in [0.15, 0.2) is 6.61 Å². The highest BCUT2D eigenvalue weighted by Gasteiger charge is 2.21. The number of ether oxygens (including phenoxy) is 2. The fourth-order valence-electron chi connectivity index (χ4n) is 2.34. The third kappa shape index (κ3) is 3.97. The van der Waals surface area contributed by atoms with Crippen molar-refractivity contribution in [2.24, 2.45) is 0 Å². The molecule has 2 aromatic rings. The Labute approximate surface area is 149 Å². The maximum Gasteiger partial charge on any atom is 0.262 e. The molecule has 0 saturated carbocycles. The van der Waals surface area contributed by atoms with Gasteiger partial charge in [0.2, 0.25) is 0 Å². The smallest absolute Gasteiger partial charge is 0.262 e. The molecule has 5 heteroatoms. The topological polar surface area (TPSA) is 47.6 Å². The Morgan fingerprint density at radius 2 is 2.04 bits per heavy atom. The summed E-state index contributed by atoms with van der Waals surface area (Å²) < 4.78 is 12.3. The molecule has 24 heavy (non-hydrogen) atoms. The first-order valence-corrected chi connectivity index (χ1v) is 8.42. The molecule has 1 N–H and O–H groups in total. The Morgan fingerprint density at radius 1 is 1.25 bits per heavy atom. The van der Waals surface area contributed by atoms with Crippen molar-refractivity contribution in [2.45, 2.75) is 19.4 Å². The third-order valence-corrected chi connectivity index (χ3v) is 4.23. The lowest BCUT2D eigenvalue weighted by Gasteiger charge is -2.28. The summed E-state index contributed by atoms with van der Waals surface area (Å²) in [6.45, 7) is 3.91. The van der Waals surface area contributed by atoms with Gasteiger partial charge >= 0.3 is 0 Å². The molecule has 0 spiro atoms. The van der Waals surface area contributed by atoms with Crippen LogP contribution in [0.15, 0.2) is 53.0 Å². The van der Waals surface area contributed by atoms with Crippen molar-refractivity contribution in [1.29, 1.82) is 0 Å². The Bertz CT molecular complexity index is 799. The van der Waals surface area contributed by atoms with Crippen molar-refractivity contribution in [2.75, 3.05) is 11.9 Å². The first-order valence-electron chi connectivity index (χ1n) is 7.62. The van der Waals surface area contributed by atoms with E-state index in [1.54, 1.807) is 0 Å². The summed E-state index contributed by atoms with van der Waals surface area (Å²) in [6.07, 6.45) is 4.04. The zero-order valence-corrected chi connectivity index (χ0v) is 15.1. The molecule has 2 aromatic carbocycles. The summed E-state index contributed by atoms with van der Waals surface area (Å²) in [6, 6.07) is 13.0. The number of para-hydroxylation sites is 1. The molecule has 0 saturated heterocycles. The van der Waals surface area contributed by atoms with Gasteiger partial charge in [-0.05, 0) is 60.1 Å². The van der Waals surface area contributed by atoms with Crippen LogP contribution >= 0.6 is 15.9 Å². The zero-order valence-electron chi connectivity index (χ0n) is 13.5. The van der Waals surface area contributed by atoms with Gasteiger partial charge in [0, 0.05) is 16.1 Å². The van der Waals surface area contributed by atoms with Crippen LogP contribution in [0.25, 0.3) is 6.08 Å². The third-order valence-electron chi connectivity index (χ3n) is 3.54. The first kappa shape index (κ1) is 16.6. The van der Waals surface area contributed by atoms with Gasteiger partial charge in [0.25, 0.3) is 5.91 Å². The van der Waals surface area contributed by atoms with Crippen LogP contribution in [-0.2, 0) is 4.79 Å². The van der Waals surface area contributed by atoms with Crippen LogP contribution < -0.4 is 14.8 Å². The number of anilines is 1. The number of carbonyl (C=O) groups excluding carboxylic acids is 1. The highest BCUT2D eigenvalue weighted by Crippen LogP contribution is 2.33. The highest BCUT2D eigenvalue weighted by atomic mass is 79.9. The molecule has 0 unspecified atom stereocenters. The Morgan fingerprint density at radius 3 is 2.83 bits per heavy atom. The molecular formula is C19H18BrNO3. The summed E-state index contributed by atoms with van der Waals surface area (Å²) >= 11 is 3.39. The molecule has 124 valence electrons. The number of rotatable bonds is 4. The molecule has 0 bridgehead atoms. The minimum atomic E-state index is -0.345. The largest absolute Gasteiger partial charge is 0.484 e. The molecule has 1 amide bonds. The molecule has 0 aliphatic carbocycles. The predicted octanol–water partition coefficient (Wildman–Crippen LogP) is 4.65. The number of hydrogen-bond acceptors (Lipinski definition) is 3. The molecule has 0 radical (unpaired) electrons. The second-order valence-corrected chi connectivity index (χ2v) is 6.91. The number of carbonyl (C=O) groups is 1. The second kappa shape index (κ2) is 6.69. The van der Waals surface area contributed by atoms with Crippen molar-refractivity contribution in [1.82, 2.24) is 0 Å². The summed E-state index contributed by atoms with van der Waals surface area (Å²) in [5.74, 6) is 1.13.